The molecule has 30 heavy (non-hydrogen) atoms. The lowest BCUT2D eigenvalue weighted by Crippen LogP contribution is -2.49. The standard InChI is InChI=1S/C20H24BrF2N3O4/c1-6-29-17(27)16-15(23)10-24-26(16)11-20(5,25-18(28)30-19(2,3)4)13-9-12(21)7-8-14(13)22/h7-10H,6,11H2,1-5H3,(H,25,28). The lowest BCUT2D eigenvalue weighted by molar-refractivity contribution is 0.0442. The summed E-state index contributed by atoms with van der Waals surface area (Å²) in [5.41, 5.74) is -2.58. The molecule has 0 saturated carbocycles. The molecule has 164 valence electrons. The molecule has 1 N–H and O–H groups in total. The van der Waals surface area contributed by atoms with Crippen molar-refractivity contribution in [3.63, 3.8) is 0 Å². The van der Waals surface area contributed by atoms with Crippen molar-refractivity contribution >= 4 is 28.0 Å². The SMILES string of the molecule is CCOC(=O)c1c(F)cnn1CC(C)(NC(=O)OC(C)(C)C)c1cc(Br)ccc1F. The van der Waals surface area contributed by atoms with Gasteiger partial charge in [-0.2, -0.15) is 5.10 Å². The zero-order valence-corrected chi connectivity index (χ0v) is 19.0. The maximum absolute atomic E-state index is 14.7. The minimum Gasteiger partial charge on any atom is -0.461 e. The van der Waals surface area contributed by atoms with E-state index in [1.807, 2.05) is 0 Å². The Balaban J connectivity index is 2.51. The van der Waals surface area contributed by atoms with Crippen LogP contribution in [0.5, 0.6) is 0 Å². The fourth-order valence-corrected chi connectivity index (χ4v) is 3.19. The highest BCUT2D eigenvalue weighted by Crippen LogP contribution is 2.30. The summed E-state index contributed by atoms with van der Waals surface area (Å²) in [7, 11) is 0. The highest BCUT2D eigenvalue weighted by atomic mass is 79.9. The molecule has 7 nitrogen and oxygen atoms in total. The third-order valence-corrected chi connectivity index (χ3v) is 4.52. The summed E-state index contributed by atoms with van der Waals surface area (Å²) in [6.07, 6.45) is 0.0481. The van der Waals surface area contributed by atoms with Crippen LogP contribution in [0.2, 0.25) is 0 Å². The first-order valence-electron chi connectivity index (χ1n) is 9.21. The van der Waals surface area contributed by atoms with Gasteiger partial charge in [-0.25, -0.2) is 18.4 Å². The molecule has 1 aromatic carbocycles. The summed E-state index contributed by atoms with van der Waals surface area (Å²) in [6.45, 7) is 7.94. The van der Waals surface area contributed by atoms with Crippen LogP contribution in [-0.4, -0.2) is 34.1 Å². The highest BCUT2D eigenvalue weighted by molar-refractivity contribution is 9.10. The van der Waals surface area contributed by atoms with E-state index in [0.717, 1.165) is 10.9 Å². The van der Waals surface area contributed by atoms with Crippen molar-refractivity contribution in [3.05, 3.63) is 51.8 Å². The Bertz CT molecular complexity index is 943. The van der Waals surface area contributed by atoms with Gasteiger partial charge in [0.15, 0.2) is 11.5 Å². The molecule has 1 aromatic heterocycles. The van der Waals surface area contributed by atoms with Crippen molar-refractivity contribution in [3.8, 4) is 0 Å². The molecular formula is C20H24BrF2N3O4. The number of carbonyl (C=O) groups is 2. The summed E-state index contributed by atoms with van der Waals surface area (Å²) in [4.78, 5) is 24.7. The molecule has 0 spiro atoms. The van der Waals surface area contributed by atoms with E-state index in [-0.39, 0.29) is 18.7 Å². The fraction of sp³-hybridized carbons (Fsp3) is 0.450. The van der Waals surface area contributed by atoms with Gasteiger partial charge >= 0.3 is 12.1 Å². The molecule has 1 unspecified atom stereocenters. The van der Waals surface area contributed by atoms with E-state index in [1.165, 1.54) is 25.1 Å². The number of aromatic nitrogens is 2. The molecule has 1 amide bonds. The van der Waals surface area contributed by atoms with Crippen molar-refractivity contribution in [2.24, 2.45) is 0 Å². The molecule has 0 bridgehead atoms. The Hall–Kier alpha value is -2.49. The molecule has 0 aliphatic rings. The lowest BCUT2D eigenvalue weighted by Gasteiger charge is -2.33. The van der Waals surface area contributed by atoms with E-state index < -0.39 is 40.5 Å². The van der Waals surface area contributed by atoms with Crippen LogP contribution in [0.3, 0.4) is 0 Å². The topological polar surface area (TPSA) is 82.5 Å². The minimum absolute atomic E-state index is 0.0388. The van der Waals surface area contributed by atoms with Crippen LogP contribution in [0.25, 0.3) is 0 Å². The minimum atomic E-state index is -1.45. The Morgan fingerprint density at radius 2 is 1.87 bits per heavy atom. The summed E-state index contributed by atoms with van der Waals surface area (Å²) in [5, 5.41) is 6.51. The molecule has 1 atom stereocenters. The van der Waals surface area contributed by atoms with Gasteiger partial charge in [-0.3, -0.25) is 4.68 Å². The molecule has 0 aliphatic heterocycles. The second kappa shape index (κ2) is 9.11. The molecule has 0 fully saturated rings. The van der Waals surface area contributed by atoms with Crippen molar-refractivity contribution in [1.29, 1.82) is 0 Å². The molecular weight excluding hydrogens is 464 g/mol. The summed E-state index contributed by atoms with van der Waals surface area (Å²) in [6, 6.07) is 4.21. The average Bonchev–Trinajstić information content (AvgIpc) is 2.95. The normalized spacial score (nSPS) is 13.5. The number of hydrogen-bond acceptors (Lipinski definition) is 5. The Morgan fingerprint density at radius 3 is 2.47 bits per heavy atom. The van der Waals surface area contributed by atoms with E-state index in [4.69, 9.17) is 9.47 Å². The highest BCUT2D eigenvalue weighted by Gasteiger charge is 2.36. The van der Waals surface area contributed by atoms with Gasteiger partial charge in [0.05, 0.1) is 24.9 Å². The zero-order valence-electron chi connectivity index (χ0n) is 17.4. The molecule has 2 rings (SSSR count). The average molecular weight is 488 g/mol. The first kappa shape index (κ1) is 23.8. The number of ether oxygens (including phenoxy) is 2. The van der Waals surface area contributed by atoms with E-state index in [1.54, 1.807) is 27.7 Å². The number of hydrogen-bond donors (Lipinski definition) is 1. The second-order valence-corrected chi connectivity index (χ2v) is 8.72. The zero-order chi connectivity index (χ0) is 22.7. The number of carbonyl (C=O) groups excluding carboxylic acids is 2. The van der Waals surface area contributed by atoms with Crippen molar-refractivity contribution in [2.75, 3.05) is 6.61 Å². The van der Waals surface area contributed by atoms with Crippen molar-refractivity contribution in [1.82, 2.24) is 15.1 Å². The first-order chi connectivity index (χ1) is 13.9. The number of esters is 1. The van der Waals surface area contributed by atoms with Gasteiger partial charge in [0.25, 0.3) is 0 Å². The van der Waals surface area contributed by atoms with Crippen molar-refractivity contribution in [2.45, 2.75) is 52.3 Å². The number of nitrogens with one attached hydrogen (secondary N) is 1. The third kappa shape index (κ3) is 5.78. The number of nitrogens with zero attached hydrogens (tertiary/aromatic N) is 2. The van der Waals surface area contributed by atoms with Gasteiger partial charge in [0, 0.05) is 10.0 Å². The van der Waals surface area contributed by atoms with Crippen LogP contribution in [0.1, 0.15) is 50.7 Å². The van der Waals surface area contributed by atoms with E-state index >= 15 is 0 Å². The fourth-order valence-electron chi connectivity index (χ4n) is 2.83. The number of amides is 1. The molecule has 10 heteroatoms. The number of rotatable bonds is 6. The third-order valence-electron chi connectivity index (χ3n) is 4.03. The molecule has 0 radical (unpaired) electrons. The summed E-state index contributed by atoms with van der Waals surface area (Å²) < 4.78 is 40.7. The van der Waals surface area contributed by atoms with Gasteiger partial charge in [-0.05, 0) is 52.8 Å². The number of benzene rings is 1. The quantitative estimate of drug-likeness (QED) is 0.604. The van der Waals surface area contributed by atoms with E-state index in [9.17, 15) is 18.4 Å². The van der Waals surface area contributed by atoms with Crippen LogP contribution in [0.15, 0.2) is 28.9 Å². The lowest BCUT2D eigenvalue weighted by atomic mass is 9.91. The maximum atomic E-state index is 14.7. The Labute approximate surface area is 181 Å². The van der Waals surface area contributed by atoms with E-state index in [0.29, 0.717) is 4.47 Å². The predicted molar refractivity (Wildman–Crippen MR) is 109 cm³/mol. The first-order valence-corrected chi connectivity index (χ1v) is 10.0. The largest absolute Gasteiger partial charge is 0.461 e. The maximum Gasteiger partial charge on any atom is 0.408 e. The van der Waals surface area contributed by atoms with Crippen LogP contribution in [0, 0.1) is 11.6 Å². The smallest absolute Gasteiger partial charge is 0.408 e. The number of alkyl carbamates (subject to hydrolysis) is 1. The monoisotopic (exact) mass is 487 g/mol. The predicted octanol–water partition coefficient (Wildman–Crippen LogP) is 4.54. The molecule has 0 saturated heterocycles. The number of halogens is 3. The van der Waals surface area contributed by atoms with Crippen LogP contribution < -0.4 is 5.32 Å². The van der Waals surface area contributed by atoms with Crippen molar-refractivity contribution < 1.29 is 27.8 Å². The second-order valence-electron chi connectivity index (χ2n) is 7.80. The van der Waals surface area contributed by atoms with Crippen LogP contribution in [0.4, 0.5) is 13.6 Å². The van der Waals surface area contributed by atoms with Gasteiger partial charge < -0.3 is 14.8 Å². The Morgan fingerprint density at radius 1 is 1.20 bits per heavy atom. The van der Waals surface area contributed by atoms with Gasteiger partial charge in [-0.15, -0.1) is 0 Å². The Kier molecular flexibility index (Phi) is 7.23. The summed E-state index contributed by atoms with van der Waals surface area (Å²) in [5.74, 6) is -2.41. The van der Waals surface area contributed by atoms with E-state index in [2.05, 4.69) is 26.3 Å². The van der Waals surface area contributed by atoms with Gasteiger partial charge in [-0.1, -0.05) is 15.9 Å². The van der Waals surface area contributed by atoms with Crippen LogP contribution >= 0.6 is 15.9 Å². The van der Waals surface area contributed by atoms with Gasteiger partial charge in [0.1, 0.15) is 11.4 Å². The summed E-state index contributed by atoms with van der Waals surface area (Å²) >= 11 is 3.28. The van der Waals surface area contributed by atoms with Gasteiger partial charge in [0.2, 0.25) is 0 Å². The molecule has 2 aromatic rings. The molecule has 0 aliphatic carbocycles. The van der Waals surface area contributed by atoms with Crippen LogP contribution in [-0.2, 0) is 21.6 Å². The molecule has 1 heterocycles.